The molecule has 0 saturated heterocycles. The van der Waals surface area contributed by atoms with Crippen LogP contribution in [0.2, 0.25) is 0 Å². The molecule has 2 rings (SSSR count). The Morgan fingerprint density at radius 1 is 1.22 bits per heavy atom. The molecule has 1 aromatic carbocycles. The first-order chi connectivity index (χ1) is 8.74. The molecule has 0 aliphatic heterocycles. The predicted octanol–water partition coefficient (Wildman–Crippen LogP) is 4.65. The maximum absolute atomic E-state index is 3.46. The van der Waals surface area contributed by atoms with Gasteiger partial charge in [-0.25, -0.2) is 0 Å². The average molecular weight is 245 g/mol. The maximum Gasteiger partial charge on any atom is 0.0320 e. The lowest BCUT2D eigenvalue weighted by Crippen LogP contribution is -2.19. The van der Waals surface area contributed by atoms with E-state index in [2.05, 4.69) is 50.5 Å². The van der Waals surface area contributed by atoms with Crippen molar-refractivity contribution in [2.75, 3.05) is 7.05 Å². The number of hydrogen-bond acceptors (Lipinski definition) is 1. The van der Waals surface area contributed by atoms with Crippen LogP contribution in [0.15, 0.2) is 24.3 Å². The third kappa shape index (κ3) is 3.14. The van der Waals surface area contributed by atoms with Gasteiger partial charge in [0.15, 0.2) is 0 Å². The fraction of sp³-hybridized carbons (Fsp3) is 0.647. The van der Waals surface area contributed by atoms with Crippen molar-refractivity contribution in [1.82, 2.24) is 5.32 Å². The Balaban J connectivity index is 2.01. The molecular weight excluding hydrogens is 218 g/mol. The van der Waals surface area contributed by atoms with E-state index in [0.717, 1.165) is 11.8 Å². The average Bonchev–Trinajstić information content (AvgIpc) is 2.34. The summed E-state index contributed by atoms with van der Waals surface area (Å²) < 4.78 is 0. The van der Waals surface area contributed by atoms with Crippen molar-refractivity contribution < 1.29 is 0 Å². The van der Waals surface area contributed by atoms with E-state index in [1.807, 2.05) is 0 Å². The smallest absolute Gasteiger partial charge is 0.0320 e. The Labute approximate surface area is 112 Å². The Hall–Kier alpha value is -0.820. The van der Waals surface area contributed by atoms with Crippen LogP contribution in [0.3, 0.4) is 0 Å². The fourth-order valence-corrected chi connectivity index (χ4v) is 2.73. The molecule has 1 aliphatic carbocycles. The van der Waals surface area contributed by atoms with E-state index >= 15 is 0 Å². The lowest BCUT2D eigenvalue weighted by Gasteiger charge is -2.26. The predicted molar refractivity (Wildman–Crippen MR) is 78.9 cm³/mol. The van der Waals surface area contributed by atoms with E-state index < -0.39 is 0 Å². The molecule has 1 N–H and O–H groups in total. The van der Waals surface area contributed by atoms with E-state index in [4.69, 9.17) is 0 Å². The second kappa shape index (κ2) is 6.38. The first-order valence-electron chi connectivity index (χ1n) is 7.51. The molecule has 0 spiro atoms. The molecule has 18 heavy (non-hydrogen) atoms. The molecule has 0 radical (unpaired) electrons. The van der Waals surface area contributed by atoms with E-state index in [1.165, 1.54) is 37.7 Å². The zero-order valence-electron chi connectivity index (χ0n) is 12.1. The van der Waals surface area contributed by atoms with Gasteiger partial charge in [-0.1, -0.05) is 51.0 Å². The van der Waals surface area contributed by atoms with Gasteiger partial charge in [0.2, 0.25) is 0 Å². The number of nitrogens with one attached hydrogen (secondary N) is 1. The van der Waals surface area contributed by atoms with Crippen LogP contribution in [-0.2, 0) is 0 Å². The van der Waals surface area contributed by atoms with Crippen molar-refractivity contribution >= 4 is 0 Å². The van der Waals surface area contributed by atoms with Gasteiger partial charge in [-0.05, 0) is 49.3 Å². The summed E-state index contributed by atoms with van der Waals surface area (Å²) in [4.78, 5) is 0. The van der Waals surface area contributed by atoms with Gasteiger partial charge in [0.05, 0.1) is 0 Å². The van der Waals surface area contributed by atoms with Crippen molar-refractivity contribution in [3.8, 4) is 0 Å². The van der Waals surface area contributed by atoms with E-state index in [9.17, 15) is 0 Å². The van der Waals surface area contributed by atoms with E-state index in [1.54, 1.807) is 5.56 Å². The Morgan fingerprint density at radius 2 is 1.89 bits per heavy atom. The largest absolute Gasteiger partial charge is 0.313 e. The summed E-state index contributed by atoms with van der Waals surface area (Å²) in [5, 5.41) is 3.46. The van der Waals surface area contributed by atoms with E-state index in [0.29, 0.717) is 6.04 Å². The SMILES string of the molecule is CCC(C)CC(NC)c1ccc(C2CCC2)cc1. The molecule has 0 heterocycles. The van der Waals surface area contributed by atoms with Crippen molar-refractivity contribution in [3.63, 3.8) is 0 Å². The third-order valence-corrected chi connectivity index (χ3v) is 4.60. The first kappa shape index (κ1) is 13.6. The number of benzene rings is 1. The molecule has 1 aliphatic rings. The normalized spacial score (nSPS) is 19.3. The van der Waals surface area contributed by atoms with Gasteiger partial charge in [0.1, 0.15) is 0 Å². The third-order valence-electron chi connectivity index (χ3n) is 4.60. The minimum atomic E-state index is 0.510. The minimum absolute atomic E-state index is 0.510. The van der Waals surface area contributed by atoms with Gasteiger partial charge in [0.25, 0.3) is 0 Å². The maximum atomic E-state index is 3.46. The summed E-state index contributed by atoms with van der Waals surface area (Å²) in [5.74, 6) is 1.63. The summed E-state index contributed by atoms with van der Waals surface area (Å²) in [6.45, 7) is 4.62. The second-order valence-electron chi connectivity index (χ2n) is 5.88. The molecule has 0 bridgehead atoms. The van der Waals surface area contributed by atoms with Crippen molar-refractivity contribution in [2.24, 2.45) is 5.92 Å². The van der Waals surface area contributed by atoms with E-state index in [-0.39, 0.29) is 0 Å². The molecule has 2 atom stereocenters. The molecule has 1 saturated carbocycles. The van der Waals surface area contributed by atoms with Crippen LogP contribution < -0.4 is 5.32 Å². The number of rotatable bonds is 6. The summed E-state index contributed by atoms with van der Waals surface area (Å²) in [7, 11) is 2.08. The van der Waals surface area contributed by atoms with Crippen LogP contribution >= 0.6 is 0 Å². The lowest BCUT2D eigenvalue weighted by molar-refractivity contribution is 0.416. The van der Waals surface area contributed by atoms with Gasteiger partial charge >= 0.3 is 0 Å². The monoisotopic (exact) mass is 245 g/mol. The molecule has 0 aromatic heterocycles. The van der Waals surface area contributed by atoms with Gasteiger partial charge in [-0.15, -0.1) is 0 Å². The molecular formula is C17H27N. The molecule has 0 amide bonds. The van der Waals surface area contributed by atoms with Gasteiger partial charge in [-0.3, -0.25) is 0 Å². The fourth-order valence-electron chi connectivity index (χ4n) is 2.73. The van der Waals surface area contributed by atoms with Gasteiger partial charge in [-0.2, -0.15) is 0 Å². The van der Waals surface area contributed by atoms with Crippen molar-refractivity contribution in [1.29, 1.82) is 0 Å². The quantitative estimate of drug-likeness (QED) is 0.769. The first-order valence-corrected chi connectivity index (χ1v) is 7.51. The lowest BCUT2D eigenvalue weighted by atomic mass is 9.79. The van der Waals surface area contributed by atoms with Crippen LogP contribution in [0.1, 0.15) is 69.0 Å². The van der Waals surface area contributed by atoms with Crippen LogP contribution in [0.4, 0.5) is 0 Å². The zero-order chi connectivity index (χ0) is 13.0. The Bertz CT molecular complexity index is 350. The Morgan fingerprint density at radius 3 is 2.33 bits per heavy atom. The molecule has 1 nitrogen and oxygen atoms in total. The molecule has 2 unspecified atom stereocenters. The van der Waals surface area contributed by atoms with Crippen LogP contribution in [-0.4, -0.2) is 7.05 Å². The summed E-state index contributed by atoms with van der Waals surface area (Å²) in [6.07, 6.45) is 6.69. The second-order valence-corrected chi connectivity index (χ2v) is 5.88. The molecule has 1 aromatic rings. The summed E-state index contributed by atoms with van der Waals surface area (Å²) in [6, 6.07) is 9.87. The van der Waals surface area contributed by atoms with Crippen molar-refractivity contribution in [3.05, 3.63) is 35.4 Å². The molecule has 1 heteroatoms. The molecule has 100 valence electrons. The zero-order valence-corrected chi connectivity index (χ0v) is 12.1. The highest BCUT2D eigenvalue weighted by molar-refractivity contribution is 5.28. The van der Waals surface area contributed by atoms with Crippen LogP contribution in [0, 0.1) is 5.92 Å². The topological polar surface area (TPSA) is 12.0 Å². The highest BCUT2D eigenvalue weighted by Crippen LogP contribution is 2.36. The Kier molecular flexibility index (Phi) is 4.82. The van der Waals surface area contributed by atoms with Crippen LogP contribution in [0.25, 0.3) is 0 Å². The minimum Gasteiger partial charge on any atom is -0.313 e. The standard InChI is InChI=1S/C17H27N/c1-4-13(2)12-17(18-3)16-10-8-15(9-11-16)14-6-5-7-14/h8-11,13-14,17-18H,4-7,12H2,1-3H3. The highest BCUT2D eigenvalue weighted by atomic mass is 14.9. The summed E-state index contributed by atoms with van der Waals surface area (Å²) >= 11 is 0. The highest BCUT2D eigenvalue weighted by Gasteiger charge is 2.19. The van der Waals surface area contributed by atoms with Gasteiger partial charge < -0.3 is 5.32 Å². The van der Waals surface area contributed by atoms with Gasteiger partial charge in [0, 0.05) is 6.04 Å². The summed E-state index contributed by atoms with van der Waals surface area (Å²) in [5.41, 5.74) is 2.99. The number of hydrogen-bond donors (Lipinski definition) is 1. The molecule has 1 fully saturated rings. The van der Waals surface area contributed by atoms with Crippen molar-refractivity contribution in [2.45, 2.75) is 57.9 Å². The van der Waals surface area contributed by atoms with Crippen LogP contribution in [0.5, 0.6) is 0 Å².